The van der Waals surface area contributed by atoms with E-state index in [9.17, 15) is 9.59 Å². The molecule has 0 bridgehead atoms. The van der Waals surface area contributed by atoms with Crippen molar-refractivity contribution in [3.63, 3.8) is 0 Å². The summed E-state index contributed by atoms with van der Waals surface area (Å²) < 4.78 is 5.08. The number of carbonyl (C=O) groups excluding carboxylic acids is 2. The van der Waals surface area contributed by atoms with E-state index in [1.54, 1.807) is 7.11 Å². The van der Waals surface area contributed by atoms with Gasteiger partial charge in [-0.25, -0.2) is 0 Å². The predicted octanol–water partition coefficient (Wildman–Crippen LogP) is 0.995. The van der Waals surface area contributed by atoms with E-state index in [0.717, 1.165) is 17.7 Å². The lowest BCUT2D eigenvalue weighted by Crippen LogP contribution is -2.22. The molecule has 1 aromatic carbocycles. The Balaban J connectivity index is 2.53. The number of nitrogens with two attached hydrogens (primary N) is 2. The molecule has 0 unspecified atom stereocenters. The molecule has 4 N–H and O–H groups in total. The van der Waals surface area contributed by atoms with Crippen LogP contribution in [0.15, 0.2) is 24.3 Å². The summed E-state index contributed by atoms with van der Waals surface area (Å²) in [5, 5.41) is 0. The molecule has 1 aromatic rings. The van der Waals surface area contributed by atoms with Crippen LogP contribution < -0.4 is 16.2 Å². The molecule has 19 heavy (non-hydrogen) atoms. The zero-order chi connectivity index (χ0) is 14.3. The number of hydrogen-bond donors (Lipinski definition) is 2. The molecule has 0 fully saturated rings. The lowest BCUT2D eigenvalue weighted by Gasteiger charge is -2.13. The van der Waals surface area contributed by atoms with Crippen LogP contribution in [0, 0.1) is 5.92 Å². The number of ether oxygens (including phenoxy) is 1. The molecule has 0 aliphatic carbocycles. The molecule has 0 saturated heterocycles. The third kappa shape index (κ3) is 5.90. The van der Waals surface area contributed by atoms with Gasteiger partial charge in [0.05, 0.1) is 7.11 Å². The number of aryl methyl sites for hydroxylation is 1. The Kier molecular flexibility index (Phi) is 5.85. The van der Waals surface area contributed by atoms with Gasteiger partial charge in [0.25, 0.3) is 0 Å². The highest BCUT2D eigenvalue weighted by atomic mass is 16.5. The predicted molar refractivity (Wildman–Crippen MR) is 72.4 cm³/mol. The fourth-order valence-electron chi connectivity index (χ4n) is 2.01. The maximum absolute atomic E-state index is 10.9. The van der Waals surface area contributed by atoms with Crippen LogP contribution in [0.5, 0.6) is 5.75 Å². The van der Waals surface area contributed by atoms with E-state index in [4.69, 9.17) is 16.2 Å². The number of primary amides is 2. The summed E-state index contributed by atoms with van der Waals surface area (Å²) in [5.74, 6) is -0.0892. The standard InChI is InChI=1S/C14H20N2O3/c1-19-12-6-4-10(5-7-12)2-3-11(8-13(15)17)9-14(16)18/h4-7,11H,2-3,8-9H2,1H3,(H2,15,17)(H2,16,18). The van der Waals surface area contributed by atoms with Gasteiger partial charge in [0.1, 0.15) is 5.75 Å². The summed E-state index contributed by atoms with van der Waals surface area (Å²) in [4.78, 5) is 21.9. The van der Waals surface area contributed by atoms with Crippen molar-refractivity contribution in [2.75, 3.05) is 7.11 Å². The minimum absolute atomic E-state index is 0.0860. The topological polar surface area (TPSA) is 95.4 Å². The van der Waals surface area contributed by atoms with E-state index in [1.807, 2.05) is 24.3 Å². The molecule has 0 radical (unpaired) electrons. The first kappa shape index (κ1) is 15.0. The molecular formula is C14H20N2O3. The smallest absolute Gasteiger partial charge is 0.217 e. The Morgan fingerprint density at radius 3 is 2.05 bits per heavy atom. The van der Waals surface area contributed by atoms with Crippen LogP contribution in [0.4, 0.5) is 0 Å². The molecule has 104 valence electrons. The summed E-state index contributed by atoms with van der Waals surface area (Å²) >= 11 is 0. The van der Waals surface area contributed by atoms with Gasteiger partial charge in [-0.05, 0) is 36.5 Å². The van der Waals surface area contributed by atoms with Crippen LogP contribution in [0.1, 0.15) is 24.8 Å². The second-order valence-electron chi connectivity index (χ2n) is 4.59. The van der Waals surface area contributed by atoms with Gasteiger partial charge in [-0.2, -0.15) is 0 Å². The maximum Gasteiger partial charge on any atom is 0.217 e. The molecule has 0 aliphatic rings. The van der Waals surface area contributed by atoms with Crippen LogP contribution >= 0.6 is 0 Å². The van der Waals surface area contributed by atoms with Gasteiger partial charge < -0.3 is 16.2 Å². The van der Waals surface area contributed by atoms with Crippen molar-refractivity contribution in [2.24, 2.45) is 17.4 Å². The zero-order valence-electron chi connectivity index (χ0n) is 11.1. The second-order valence-corrected chi connectivity index (χ2v) is 4.59. The fourth-order valence-corrected chi connectivity index (χ4v) is 2.01. The third-order valence-corrected chi connectivity index (χ3v) is 2.98. The Hall–Kier alpha value is -2.04. The van der Waals surface area contributed by atoms with Crippen LogP contribution in [-0.4, -0.2) is 18.9 Å². The van der Waals surface area contributed by atoms with Gasteiger partial charge in [0.15, 0.2) is 0 Å². The van der Waals surface area contributed by atoms with Crippen molar-refractivity contribution < 1.29 is 14.3 Å². The maximum atomic E-state index is 10.9. The number of benzene rings is 1. The van der Waals surface area contributed by atoms with E-state index in [-0.39, 0.29) is 18.8 Å². The summed E-state index contributed by atoms with van der Waals surface area (Å²) in [6, 6.07) is 7.69. The van der Waals surface area contributed by atoms with Gasteiger partial charge in [-0.15, -0.1) is 0 Å². The van der Waals surface area contributed by atoms with Crippen LogP contribution in [-0.2, 0) is 16.0 Å². The van der Waals surface area contributed by atoms with E-state index in [2.05, 4.69) is 0 Å². The molecule has 0 atom stereocenters. The number of carbonyl (C=O) groups is 2. The molecule has 5 nitrogen and oxygen atoms in total. The van der Waals surface area contributed by atoms with Gasteiger partial charge in [-0.1, -0.05) is 12.1 Å². The molecule has 0 aliphatic heterocycles. The SMILES string of the molecule is COc1ccc(CCC(CC(N)=O)CC(N)=O)cc1. The van der Waals surface area contributed by atoms with Crippen LogP contribution in [0.3, 0.4) is 0 Å². The summed E-state index contributed by atoms with van der Waals surface area (Å²) in [5.41, 5.74) is 11.5. The van der Waals surface area contributed by atoms with Gasteiger partial charge in [0.2, 0.25) is 11.8 Å². The molecule has 1 rings (SSSR count). The van der Waals surface area contributed by atoms with E-state index in [1.165, 1.54) is 0 Å². The van der Waals surface area contributed by atoms with Gasteiger partial charge in [-0.3, -0.25) is 9.59 Å². The van der Waals surface area contributed by atoms with Crippen LogP contribution in [0.2, 0.25) is 0 Å². The second kappa shape index (κ2) is 7.41. The molecule has 0 spiro atoms. The minimum Gasteiger partial charge on any atom is -0.497 e. The third-order valence-electron chi connectivity index (χ3n) is 2.98. The van der Waals surface area contributed by atoms with Crippen molar-refractivity contribution >= 4 is 11.8 Å². The molecule has 2 amide bonds. The highest BCUT2D eigenvalue weighted by molar-refractivity contribution is 5.77. The highest BCUT2D eigenvalue weighted by Gasteiger charge is 2.14. The lowest BCUT2D eigenvalue weighted by molar-refractivity contribution is -0.120. The zero-order valence-corrected chi connectivity index (χ0v) is 11.1. The van der Waals surface area contributed by atoms with Crippen molar-refractivity contribution in [2.45, 2.75) is 25.7 Å². The Labute approximate surface area is 112 Å². The molecule has 5 heteroatoms. The van der Waals surface area contributed by atoms with Crippen molar-refractivity contribution in [1.29, 1.82) is 0 Å². The van der Waals surface area contributed by atoms with E-state index >= 15 is 0 Å². The lowest BCUT2D eigenvalue weighted by atomic mass is 9.93. The van der Waals surface area contributed by atoms with E-state index in [0.29, 0.717) is 6.42 Å². The molecule has 0 saturated carbocycles. The van der Waals surface area contributed by atoms with Gasteiger partial charge in [0, 0.05) is 12.8 Å². The van der Waals surface area contributed by atoms with Crippen molar-refractivity contribution in [3.8, 4) is 5.75 Å². The number of methoxy groups -OCH3 is 1. The molecular weight excluding hydrogens is 244 g/mol. The number of amides is 2. The average Bonchev–Trinajstić information content (AvgIpc) is 2.35. The summed E-state index contributed by atoms with van der Waals surface area (Å²) in [6.45, 7) is 0. The normalized spacial score (nSPS) is 10.4. The largest absolute Gasteiger partial charge is 0.497 e. The summed E-state index contributed by atoms with van der Waals surface area (Å²) in [7, 11) is 1.62. The number of hydrogen-bond acceptors (Lipinski definition) is 3. The average molecular weight is 264 g/mol. The number of rotatable bonds is 8. The summed E-state index contributed by atoms with van der Waals surface area (Å²) in [6.07, 6.45) is 1.87. The first-order valence-corrected chi connectivity index (χ1v) is 6.20. The van der Waals surface area contributed by atoms with Crippen molar-refractivity contribution in [1.82, 2.24) is 0 Å². The van der Waals surface area contributed by atoms with Crippen LogP contribution in [0.25, 0.3) is 0 Å². The Bertz CT molecular complexity index is 413. The van der Waals surface area contributed by atoms with Crippen molar-refractivity contribution in [3.05, 3.63) is 29.8 Å². The molecule has 0 heterocycles. The first-order chi connectivity index (χ1) is 9.01. The molecule has 0 aromatic heterocycles. The fraction of sp³-hybridized carbons (Fsp3) is 0.429. The minimum atomic E-state index is -0.402. The van der Waals surface area contributed by atoms with E-state index < -0.39 is 11.8 Å². The first-order valence-electron chi connectivity index (χ1n) is 6.20. The Morgan fingerprint density at radius 2 is 1.63 bits per heavy atom. The quantitative estimate of drug-likeness (QED) is 0.733. The van der Waals surface area contributed by atoms with Gasteiger partial charge >= 0.3 is 0 Å². The monoisotopic (exact) mass is 264 g/mol. The highest BCUT2D eigenvalue weighted by Crippen LogP contribution is 2.18. The Morgan fingerprint density at radius 1 is 1.11 bits per heavy atom.